The summed E-state index contributed by atoms with van der Waals surface area (Å²) in [6.07, 6.45) is 2.58. The number of halogens is 1. The van der Waals surface area contributed by atoms with Gasteiger partial charge in [0.05, 0.1) is 23.7 Å². The molecule has 0 saturated heterocycles. The number of hydrogen-bond donors (Lipinski definition) is 1. The van der Waals surface area contributed by atoms with E-state index in [1.165, 1.54) is 30.1 Å². The summed E-state index contributed by atoms with van der Waals surface area (Å²) in [7, 11) is 1.54. The lowest BCUT2D eigenvalue weighted by molar-refractivity contribution is 0.108. The number of nitrogens with zero attached hydrogens (tertiary/aromatic N) is 5. The van der Waals surface area contributed by atoms with Gasteiger partial charge in [-0.3, -0.25) is 13.8 Å². The van der Waals surface area contributed by atoms with Gasteiger partial charge in [-0.1, -0.05) is 5.16 Å². The summed E-state index contributed by atoms with van der Waals surface area (Å²) in [6, 6.07) is 3.88. The number of ether oxygens (including phenoxy) is 1. The zero-order valence-electron chi connectivity index (χ0n) is 15.8. The summed E-state index contributed by atoms with van der Waals surface area (Å²) in [5.41, 5.74) is 0.0417. The molecule has 3 heterocycles. The lowest BCUT2D eigenvalue weighted by Crippen LogP contribution is -2.28. The minimum Gasteiger partial charge on any atom is -0.383 e. The van der Waals surface area contributed by atoms with Crippen LogP contribution in [0.2, 0.25) is 0 Å². The topological polar surface area (TPSA) is 108 Å². The van der Waals surface area contributed by atoms with Crippen LogP contribution in [0.4, 0.5) is 4.39 Å². The number of fused-ring (bicyclic) bond motifs is 3. The molecule has 1 saturated carbocycles. The van der Waals surface area contributed by atoms with Crippen LogP contribution in [-0.2, 0) is 10.3 Å². The molecular weight excluding hydrogens is 381 g/mol. The Kier molecular flexibility index (Phi) is 3.83. The molecule has 4 aromatic rings. The van der Waals surface area contributed by atoms with Crippen molar-refractivity contribution in [1.29, 1.82) is 0 Å². The Morgan fingerprint density at radius 2 is 2.17 bits per heavy atom. The van der Waals surface area contributed by atoms with Gasteiger partial charge in [-0.05, 0) is 38.0 Å². The summed E-state index contributed by atoms with van der Waals surface area (Å²) in [4.78, 5) is 22.0. The highest BCUT2D eigenvalue weighted by Crippen LogP contribution is 2.44. The molecule has 1 aliphatic rings. The Morgan fingerprint density at radius 1 is 1.38 bits per heavy atom. The molecular formula is C19H18FN5O4. The van der Waals surface area contributed by atoms with Crippen molar-refractivity contribution in [3.05, 3.63) is 46.6 Å². The van der Waals surface area contributed by atoms with Crippen LogP contribution in [0.15, 0.2) is 33.8 Å². The maximum atomic E-state index is 14.0. The normalized spacial score (nSPS) is 16.6. The average Bonchev–Trinajstić information content (AvgIpc) is 3.10. The van der Waals surface area contributed by atoms with Crippen molar-refractivity contribution in [2.75, 3.05) is 13.7 Å². The van der Waals surface area contributed by atoms with Crippen LogP contribution >= 0.6 is 0 Å². The first-order valence-corrected chi connectivity index (χ1v) is 9.19. The van der Waals surface area contributed by atoms with Crippen LogP contribution < -0.4 is 5.56 Å². The molecule has 0 bridgehead atoms. The first-order chi connectivity index (χ1) is 13.9. The predicted molar refractivity (Wildman–Crippen MR) is 99.9 cm³/mol. The number of methoxy groups -OCH3 is 1. The molecule has 0 amide bonds. The molecule has 9 nitrogen and oxygen atoms in total. The van der Waals surface area contributed by atoms with Crippen LogP contribution in [0, 0.1) is 5.82 Å². The van der Waals surface area contributed by atoms with E-state index in [4.69, 9.17) is 9.26 Å². The second kappa shape index (κ2) is 6.19. The number of aromatic nitrogens is 5. The van der Waals surface area contributed by atoms with Gasteiger partial charge >= 0.3 is 0 Å². The fraction of sp³-hybridized carbons (Fsp3) is 0.368. The van der Waals surface area contributed by atoms with Crippen LogP contribution in [0.1, 0.15) is 31.7 Å². The largest absolute Gasteiger partial charge is 0.383 e. The van der Waals surface area contributed by atoms with E-state index < -0.39 is 11.4 Å². The Balaban J connectivity index is 1.80. The summed E-state index contributed by atoms with van der Waals surface area (Å²) in [5, 5.41) is 14.1. The third-order valence-corrected chi connectivity index (χ3v) is 5.25. The SMILES string of the molecule is COCC(C)n1c(=O)c2c(-c3noc(C4(O)CC4)n3)ncn2c2ccc(F)cc21. The van der Waals surface area contributed by atoms with Gasteiger partial charge in [0.15, 0.2) is 0 Å². The number of hydrogen-bond acceptors (Lipinski definition) is 7. The summed E-state index contributed by atoms with van der Waals surface area (Å²) in [6.45, 7) is 2.08. The van der Waals surface area contributed by atoms with E-state index in [0.29, 0.717) is 23.9 Å². The van der Waals surface area contributed by atoms with Gasteiger partial charge in [0, 0.05) is 7.11 Å². The molecule has 1 aromatic carbocycles. The molecule has 0 radical (unpaired) electrons. The van der Waals surface area contributed by atoms with Gasteiger partial charge in [0.2, 0.25) is 5.82 Å². The van der Waals surface area contributed by atoms with E-state index in [0.717, 1.165) is 0 Å². The van der Waals surface area contributed by atoms with Crippen molar-refractivity contribution >= 4 is 16.6 Å². The predicted octanol–water partition coefficient (Wildman–Crippen LogP) is 2.03. The second-order valence-corrected chi connectivity index (χ2v) is 7.38. The molecule has 10 heteroatoms. The van der Waals surface area contributed by atoms with E-state index in [-0.39, 0.29) is 41.1 Å². The van der Waals surface area contributed by atoms with Gasteiger partial charge in [-0.2, -0.15) is 4.98 Å². The maximum absolute atomic E-state index is 14.0. The summed E-state index contributed by atoms with van der Waals surface area (Å²) in [5.74, 6) is -0.215. The molecule has 29 heavy (non-hydrogen) atoms. The van der Waals surface area contributed by atoms with E-state index >= 15 is 0 Å². The maximum Gasteiger partial charge on any atom is 0.278 e. The molecule has 5 rings (SSSR count). The minimum atomic E-state index is -1.09. The first kappa shape index (κ1) is 18.0. The van der Waals surface area contributed by atoms with Gasteiger partial charge in [-0.15, -0.1) is 0 Å². The molecule has 1 unspecified atom stereocenters. The number of rotatable bonds is 5. The fourth-order valence-electron chi connectivity index (χ4n) is 3.61. The van der Waals surface area contributed by atoms with E-state index in [9.17, 15) is 14.3 Å². The Labute approximate surface area is 163 Å². The monoisotopic (exact) mass is 399 g/mol. The molecule has 1 N–H and O–H groups in total. The summed E-state index contributed by atoms with van der Waals surface area (Å²) >= 11 is 0. The highest BCUT2D eigenvalue weighted by Gasteiger charge is 2.48. The standard InChI is InChI=1S/C19H18FN5O4/c1-10(8-28-2)25-13-7-11(20)3-4-12(13)24-9-21-14(15(24)17(25)26)16-22-18(29-23-16)19(27)5-6-19/h3-4,7,9-10,27H,5-6,8H2,1-2H3. The highest BCUT2D eigenvalue weighted by atomic mass is 19.1. The van der Waals surface area contributed by atoms with Gasteiger partial charge in [0.1, 0.15) is 29.0 Å². The number of imidazole rings is 1. The smallest absolute Gasteiger partial charge is 0.278 e. The van der Waals surface area contributed by atoms with Gasteiger partial charge in [0.25, 0.3) is 11.4 Å². The van der Waals surface area contributed by atoms with Gasteiger partial charge in [-0.25, -0.2) is 9.37 Å². The van der Waals surface area contributed by atoms with Crippen molar-refractivity contribution in [1.82, 2.24) is 24.1 Å². The highest BCUT2D eigenvalue weighted by molar-refractivity contribution is 5.83. The molecule has 150 valence electrons. The van der Waals surface area contributed by atoms with E-state index in [1.807, 2.05) is 6.92 Å². The molecule has 1 atom stereocenters. The molecule has 1 fully saturated rings. The van der Waals surface area contributed by atoms with E-state index in [2.05, 4.69) is 15.1 Å². The van der Waals surface area contributed by atoms with Crippen LogP contribution in [0.25, 0.3) is 28.1 Å². The lowest BCUT2D eigenvalue weighted by atomic mass is 10.2. The number of aliphatic hydroxyl groups is 1. The Morgan fingerprint density at radius 3 is 2.90 bits per heavy atom. The van der Waals surface area contributed by atoms with Crippen molar-refractivity contribution < 1.29 is 18.8 Å². The van der Waals surface area contributed by atoms with Crippen molar-refractivity contribution in [3.63, 3.8) is 0 Å². The van der Waals surface area contributed by atoms with Crippen molar-refractivity contribution in [3.8, 4) is 11.5 Å². The third-order valence-electron chi connectivity index (χ3n) is 5.25. The zero-order valence-corrected chi connectivity index (χ0v) is 15.8. The van der Waals surface area contributed by atoms with Crippen LogP contribution in [0.5, 0.6) is 0 Å². The fourth-order valence-corrected chi connectivity index (χ4v) is 3.61. The molecule has 0 spiro atoms. The minimum absolute atomic E-state index is 0.115. The molecule has 0 aliphatic heterocycles. The first-order valence-electron chi connectivity index (χ1n) is 9.19. The van der Waals surface area contributed by atoms with Crippen molar-refractivity contribution in [2.24, 2.45) is 0 Å². The average molecular weight is 399 g/mol. The Hall–Kier alpha value is -3.11. The second-order valence-electron chi connectivity index (χ2n) is 7.38. The Bertz CT molecular complexity index is 1300. The van der Waals surface area contributed by atoms with Crippen LogP contribution in [0.3, 0.4) is 0 Å². The lowest BCUT2D eigenvalue weighted by Gasteiger charge is -2.18. The van der Waals surface area contributed by atoms with Gasteiger partial charge < -0.3 is 14.4 Å². The van der Waals surface area contributed by atoms with Crippen LogP contribution in [-0.4, -0.2) is 42.9 Å². The van der Waals surface area contributed by atoms with Crippen molar-refractivity contribution in [2.45, 2.75) is 31.4 Å². The van der Waals surface area contributed by atoms with E-state index in [1.54, 1.807) is 10.5 Å². The summed E-state index contributed by atoms with van der Waals surface area (Å²) < 4.78 is 27.4. The molecule has 1 aliphatic carbocycles. The number of benzene rings is 1. The zero-order chi connectivity index (χ0) is 20.3. The quantitative estimate of drug-likeness (QED) is 0.547. The third kappa shape index (κ3) is 2.67. The molecule has 3 aromatic heterocycles.